The van der Waals surface area contributed by atoms with Gasteiger partial charge in [0.05, 0.1) is 0 Å². The van der Waals surface area contributed by atoms with Crippen LogP contribution in [0.1, 0.15) is 15.9 Å². The van der Waals surface area contributed by atoms with Crippen LogP contribution in [0.25, 0.3) is 0 Å². The van der Waals surface area contributed by atoms with Crippen molar-refractivity contribution >= 4 is 11.6 Å². The quantitative estimate of drug-likeness (QED) is 0.672. The van der Waals surface area contributed by atoms with Crippen LogP contribution in [0, 0.1) is 11.8 Å². The average molecular weight is 164 g/mol. The van der Waals surface area contributed by atoms with Crippen molar-refractivity contribution in [3.63, 3.8) is 0 Å². The van der Waals surface area contributed by atoms with Crippen LogP contribution in [0.3, 0.4) is 0 Å². The summed E-state index contributed by atoms with van der Waals surface area (Å²) in [6.45, 7) is 1.74. The van der Waals surface area contributed by atoms with E-state index in [1.165, 1.54) is 12.1 Å². The van der Waals surface area contributed by atoms with E-state index in [0.29, 0.717) is 5.56 Å². The van der Waals surface area contributed by atoms with Gasteiger partial charge in [-0.1, -0.05) is 6.07 Å². The van der Waals surface area contributed by atoms with E-state index < -0.39 is 5.91 Å². The second kappa shape index (κ2) is 3.13. The first kappa shape index (κ1) is 8.39. The van der Waals surface area contributed by atoms with Crippen molar-refractivity contribution in [2.24, 2.45) is 10.9 Å². The van der Waals surface area contributed by atoms with Crippen molar-refractivity contribution in [3.05, 3.63) is 34.2 Å². The maximum absolute atomic E-state index is 10.8. The van der Waals surface area contributed by atoms with E-state index in [1.54, 1.807) is 13.0 Å². The Balaban J connectivity index is 3.25. The summed E-state index contributed by atoms with van der Waals surface area (Å²) in [5, 5.41) is 2.70. The molecule has 4 heteroatoms. The lowest BCUT2D eigenvalue weighted by molar-refractivity contribution is 0.1000. The van der Waals surface area contributed by atoms with E-state index in [9.17, 15) is 9.70 Å². The summed E-state index contributed by atoms with van der Waals surface area (Å²) in [5.74, 6) is -0.544. The summed E-state index contributed by atoms with van der Waals surface area (Å²) >= 11 is 0. The second-order valence-electron chi connectivity index (χ2n) is 2.45. The minimum atomic E-state index is -0.544. The number of carbonyl (C=O) groups excluding carboxylic acids is 1. The number of amides is 1. The normalized spacial score (nSPS) is 9.42. The Morgan fingerprint density at radius 1 is 1.50 bits per heavy atom. The van der Waals surface area contributed by atoms with Crippen molar-refractivity contribution in [2.75, 3.05) is 0 Å². The number of hydrogen-bond donors (Lipinski definition) is 1. The molecule has 0 unspecified atom stereocenters. The first-order valence-electron chi connectivity index (χ1n) is 3.39. The predicted octanol–water partition coefficient (Wildman–Crippen LogP) is 1.49. The number of aryl methyl sites for hydroxylation is 1. The Hall–Kier alpha value is -1.71. The van der Waals surface area contributed by atoms with Gasteiger partial charge in [0.1, 0.15) is 5.69 Å². The van der Waals surface area contributed by atoms with Crippen LogP contribution in [0.15, 0.2) is 23.4 Å². The number of nitrogens with two attached hydrogens (primary N) is 1. The zero-order chi connectivity index (χ0) is 9.14. The molecule has 1 aromatic carbocycles. The smallest absolute Gasteiger partial charge is 0.249 e. The predicted molar refractivity (Wildman–Crippen MR) is 45.2 cm³/mol. The Bertz CT molecular complexity index is 334. The third kappa shape index (κ3) is 1.47. The van der Waals surface area contributed by atoms with Gasteiger partial charge in [-0.2, -0.15) is 0 Å². The molecule has 0 bridgehead atoms. The Morgan fingerprint density at radius 2 is 2.17 bits per heavy atom. The second-order valence-corrected chi connectivity index (χ2v) is 2.45. The van der Waals surface area contributed by atoms with Gasteiger partial charge in [-0.15, -0.1) is 4.91 Å². The first-order valence-corrected chi connectivity index (χ1v) is 3.39. The molecule has 0 spiro atoms. The molecule has 1 rings (SSSR count). The molecular weight excluding hydrogens is 156 g/mol. The van der Waals surface area contributed by atoms with Crippen LogP contribution in [0.4, 0.5) is 5.69 Å². The largest absolute Gasteiger partial charge is 0.366 e. The lowest BCUT2D eigenvalue weighted by Gasteiger charge is -1.99. The Kier molecular flexibility index (Phi) is 2.19. The summed E-state index contributed by atoms with van der Waals surface area (Å²) in [4.78, 5) is 20.9. The lowest BCUT2D eigenvalue weighted by Crippen LogP contribution is -2.12. The minimum Gasteiger partial charge on any atom is -0.366 e. The fourth-order valence-corrected chi connectivity index (χ4v) is 0.932. The molecule has 0 fully saturated rings. The molecule has 0 aliphatic heterocycles. The van der Waals surface area contributed by atoms with Crippen molar-refractivity contribution in [1.29, 1.82) is 0 Å². The van der Waals surface area contributed by atoms with Crippen LogP contribution in [-0.4, -0.2) is 5.91 Å². The number of carbonyl (C=O) groups is 1. The molecule has 62 valence electrons. The van der Waals surface area contributed by atoms with Crippen LogP contribution in [0.2, 0.25) is 0 Å². The highest BCUT2D eigenvalue weighted by atomic mass is 16.3. The Labute approximate surface area is 69.4 Å². The van der Waals surface area contributed by atoms with Crippen LogP contribution < -0.4 is 5.73 Å². The molecule has 0 saturated heterocycles. The van der Waals surface area contributed by atoms with Gasteiger partial charge in [0.15, 0.2) is 0 Å². The van der Waals surface area contributed by atoms with Crippen molar-refractivity contribution < 1.29 is 4.79 Å². The fraction of sp³-hybridized carbons (Fsp3) is 0.125. The number of benzene rings is 1. The standard InChI is InChI=1S/C8H8N2O2/c1-5-2-3-6(10-12)4-7(5)8(9)11/h2-4H,1H3,(H2,9,11). The molecule has 0 heterocycles. The zero-order valence-corrected chi connectivity index (χ0v) is 6.57. The van der Waals surface area contributed by atoms with Crippen molar-refractivity contribution in [3.8, 4) is 0 Å². The molecular formula is C8H8N2O2. The summed E-state index contributed by atoms with van der Waals surface area (Å²) in [7, 11) is 0. The van der Waals surface area contributed by atoms with E-state index in [4.69, 9.17) is 5.73 Å². The van der Waals surface area contributed by atoms with Gasteiger partial charge in [-0.25, -0.2) is 0 Å². The number of nitrogens with zero attached hydrogens (tertiary/aromatic N) is 1. The van der Waals surface area contributed by atoms with Crippen molar-refractivity contribution in [2.45, 2.75) is 6.92 Å². The van der Waals surface area contributed by atoms with Gasteiger partial charge >= 0.3 is 0 Å². The Morgan fingerprint density at radius 3 is 2.67 bits per heavy atom. The van der Waals surface area contributed by atoms with Crippen LogP contribution >= 0.6 is 0 Å². The molecule has 2 N–H and O–H groups in total. The molecule has 0 aliphatic carbocycles. The lowest BCUT2D eigenvalue weighted by atomic mass is 10.1. The zero-order valence-electron chi connectivity index (χ0n) is 6.57. The molecule has 0 aliphatic rings. The van der Waals surface area contributed by atoms with E-state index in [-0.39, 0.29) is 5.69 Å². The maximum atomic E-state index is 10.8. The highest BCUT2D eigenvalue weighted by Crippen LogP contribution is 2.16. The van der Waals surface area contributed by atoms with E-state index in [1.807, 2.05) is 0 Å². The number of primary amides is 1. The summed E-state index contributed by atoms with van der Waals surface area (Å²) in [6.07, 6.45) is 0. The molecule has 12 heavy (non-hydrogen) atoms. The monoisotopic (exact) mass is 164 g/mol. The highest BCUT2D eigenvalue weighted by Gasteiger charge is 2.05. The van der Waals surface area contributed by atoms with E-state index in [0.717, 1.165) is 5.56 Å². The van der Waals surface area contributed by atoms with E-state index in [2.05, 4.69) is 5.18 Å². The van der Waals surface area contributed by atoms with Crippen molar-refractivity contribution in [1.82, 2.24) is 0 Å². The van der Waals surface area contributed by atoms with Gasteiger partial charge in [-0.3, -0.25) is 4.79 Å². The first-order chi connectivity index (χ1) is 5.65. The van der Waals surface area contributed by atoms with Gasteiger partial charge < -0.3 is 5.73 Å². The number of rotatable bonds is 2. The van der Waals surface area contributed by atoms with Crippen LogP contribution in [0.5, 0.6) is 0 Å². The molecule has 0 aromatic heterocycles. The van der Waals surface area contributed by atoms with E-state index >= 15 is 0 Å². The summed E-state index contributed by atoms with van der Waals surface area (Å²) < 4.78 is 0. The van der Waals surface area contributed by atoms with Gasteiger partial charge in [0.2, 0.25) is 5.91 Å². The van der Waals surface area contributed by atoms with Gasteiger partial charge in [0.25, 0.3) is 0 Å². The average Bonchev–Trinajstić information content (AvgIpc) is 2.05. The molecule has 0 radical (unpaired) electrons. The third-order valence-corrected chi connectivity index (χ3v) is 1.59. The SMILES string of the molecule is Cc1ccc(N=O)cc1C(N)=O. The van der Waals surface area contributed by atoms with Gasteiger partial charge in [0, 0.05) is 5.56 Å². The fourth-order valence-electron chi connectivity index (χ4n) is 0.932. The number of nitroso groups, excluding NO2 is 1. The van der Waals surface area contributed by atoms with Gasteiger partial charge in [-0.05, 0) is 29.8 Å². The third-order valence-electron chi connectivity index (χ3n) is 1.59. The molecule has 0 saturated carbocycles. The molecule has 4 nitrogen and oxygen atoms in total. The maximum Gasteiger partial charge on any atom is 0.249 e. The minimum absolute atomic E-state index is 0.217. The van der Waals surface area contributed by atoms with Crippen LogP contribution in [-0.2, 0) is 0 Å². The number of hydrogen-bond acceptors (Lipinski definition) is 3. The topological polar surface area (TPSA) is 72.5 Å². The molecule has 1 aromatic rings. The molecule has 1 amide bonds. The summed E-state index contributed by atoms with van der Waals surface area (Å²) in [6, 6.07) is 4.55. The summed E-state index contributed by atoms with van der Waals surface area (Å²) in [5.41, 5.74) is 6.36. The highest BCUT2D eigenvalue weighted by molar-refractivity contribution is 5.95. The molecule has 0 atom stereocenters.